The summed E-state index contributed by atoms with van der Waals surface area (Å²) in [6, 6.07) is 4.91. The Kier molecular flexibility index (Phi) is 4.10. The first kappa shape index (κ1) is 13.4. The Balaban J connectivity index is 1.70. The van der Waals surface area contributed by atoms with Crippen LogP contribution in [0.3, 0.4) is 0 Å². The highest BCUT2D eigenvalue weighted by molar-refractivity contribution is 9.10. The molecule has 0 radical (unpaired) electrons. The van der Waals surface area contributed by atoms with Crippen molar-refractivity contribution in [1.29, 1.82) is 0 Å². The normalized spacial score (nSPS) is 25.4. The number of halogens is 1. The van der Waals surface area contributed by atoms with Gasteiger partial charge >= 0.3 is 0 Å². The van der Waals surface area contributed by atoms with Crippen molar-refractivity contribution >= 4 is 15.9 Å². The summed E-state index contributed by atoms with van der Waals surface area (Å²) in [4.78, 5) is 0. The lowest BCUT2D eigenvalue weighted by Gasteiger charge is -2.20. The lowest BCUT2D eigenvalue weighted by atomic mass is 10.0. The minimum atomic E-state index is 0.570. The van der Waals surface area contributed by atoms with Gasteiger partial charge in [0.2, 0.25) is 0 Å². The monoisotopic (exact) mass is 324 g/mol. The second kappa shape index (κ2) is 5.81. The van der Waals surface area contributed by atoms with Gasteiger partial charge in [0.05, 0.1) is 6.61 Å². The van der Waals surface area contributed by atoms with Gasteiger partial charge < -0.3 is 15.8 Å². The van der Waals surface area contributed by atoms with Crippen LogP contribution in [0.15, 0.2) is 16.6 Å². The summed E-state index contributed by atoms with van der Waals surface area (Å²) in [7, 11) is 0. The molecule has 1 aliphatic heterocycles. The highest BCUT2D eigenvalue weighted by Gasteiger charge is 2.26. The molecule has 3 nitrogen and oxygen atoms in total. The molecular weight excluding hydrogens is 304 g/mol. The maximum Gasteiger partial charge on any atom is 0.127 e. The molecule has 0 spiro atoms. The van der Waals surface area contributed by atoms with E-state index in [0.29, 0.717) is 12.0 Å². The molecule has 2 unspecified atom stereocenters. The zero-order valence-corrected chi connectivity index (χ0v) is 12.7. The van der Waals surface area contributed by atoms with Gasteiger partial charge in [0.1, 0.15) is 5.75 Å². The van der Waals surface area contributed by atoms with Crippen molar-refractivity contribution < 1.29 is 4.74 Å². The molecule has 0 aromatic heterocycles. The van der Waals surface area contributed by atoms with E-state index in [2.05, 4.69) is 33.4 Å². The molecule has 1 aromatic rings. The number of nitrogens with two attached hydrogens (primary N) is 1. The summed E-state index contributed by atoms with van der Waals surface area (Å²) < 4.78 is 6.92. The van der Waals surface area contributed by atoms with E-state index in [1.807, 2.05) is 0 Å². The first-order chi connectivity index (χ1) is 9.28. The Morgan fingerprint density at radius 3 is 3.11 bits per heavy atom. The standard InChI is InChI=1S/C15H21BrN2O/c16-13-6-10-4-5-19-15(10)12(7-13)9-18-14-3-1-2-11(14)8-17/h6-7,11,14,18H,1-5,8-9,17H2. The van der Waals surface area contributed by atoms with Crippen molar-refractivity contribution in [3.63, 3.8) is 0 Å². The molecule has 1 saturated carbocycles. The summed E-state index contributed by atoms with van der Waals surface area (Å²) in [5, 5.41) is 3.68. The minimum Gasteiger partial charge on any atom is -0.493 e. The van der Waals surface area contributed by atoms with Crippen LogP contribution in [-0.2, 0) is 13.0 Å². The molecule has 1 aliphatic carbocycles. The van der Waals surface area contributed by atoms with Gasteiger partial charge in [-0.25, -0.2) is 0 Å². The predicted molar refractivity (Wildman–Crippen MR) is 80.4 cm³/mol. The summed E-state index contributed by atoms with van der Waals surface area (Å²) in [5.41, 5.74) is 8.43. The summed E-state index contributed by atoms with van der Waals surface area (Å²) in [6.45, 7) is 2.49. The molecule has 0 saturated heterocycles. The molecule has 104 valence electrons. The quantitative estimate of drug-likeness (QED) is 0.895. The molecule has 1 fully saturated rings. The van der Waals surface area contributed by atoms with Gasteiger partial charge in [0.25, 0.3) is 0 Å². The molecule has 4 heteroatoms. The van der Waals surface area contributed by atoms with Crippen LogP contribution in [0.4, 0.5) is 0 Å². The van der Waals surface area contributed by atoms with Crippen LogP contribution < -0.4 is 15.8 Å². The van der Waals surface area contributed by atoms with E-state index in [9.17, 15) is 0 Å². The Hall–Kier alpha value is -0.580. The number of hydrogen-bond donors (Lipinski definition) is 2. The number of fused-ring (bicyclic) bond motifs is 1. The van der Waals surface area contributed by atoms with Crippen molar-refractivity contribution in [2.45, 2.75) is 38.3 Å². The van der Waals surface area contributed by atoms with Gasteiger partial charge in [-0.3, -0.25) is 0 Å². The molecule has 2 aliphatic rings. The molecule has 0 bridgehead atoms. The summed E-state index contributed by atoms with van der Waals surface area (Å²) >= 11 is 3.59. The van der Waals surface area contributed by atoms with Crippen LogP contribution in [-0.4, -0.2) is 19.2 Å². The SMILES string of the molecule is NCC1CCCC1NCc1cc(Br)cc2c1OCC2. The minimum absolute atomic E-state index is 0.570. The zero-order valence-electron chi connectivity index (χ0n) is 11.1. The number of ether oxygens (including phenoxy) is 1. The zero-order chi connectivity index (χ0) is 13.2. The van der Waals surface area contributed by atoms with Crippen LogP contribution in [0.2, 0.25) is 0 Å². The molecular formula is C15H21BrN2O. The summed E-state index contributed by atoms with van der Waals surface area (Å²) in [5.74, 6) is 1.74. The molecule has 3 N–H and O–H groups in total. The van der Waals surface area contributed by atoms with Gasteiger partial charge in [-0.2, -0.15) is 0 Å². The van der Waals surface area contributed by atoms with E-state index in [-0.39, 0.29) is 0 Å². The fraction of sp³-hybridized carbons (Fsp3) is 0.600. The van der Waals surface area contributed by atoms with E-state index in [0.717, 1.165) is 36.3 Å². The lowest BCUT2D eigenvalue weighted by molar-refractivity contribution is 0.348. The number of hydrogen-bond acceptors (Lipinski definition) is 3. The Bertz CT molecular complexity index is 464. The third-order valence-electron chi connectivity index (χ3n) is 4.34. The lowest BCUT2D eigenvalue weighted by Crippen LogP contribution is -2.35. The fourth-order valence-corrected chi connectivity index (χ4v) is 3.86. The van der Waals surface area contributed by atoms with Crippen molar-refractivity contribution in [3.05, 3.63) is 27.7 Å². The van der Waals surface area contributed by atoms with Gasteiger partial charge in [0, 0.05) is 29.0 Å². The van der Waals surface area contributed by atoms with Crippen molar-refractivity contribution in [2.75, 3.05) is 13.2 Å². The second-order valence-corrected chi connectivity index (χ2v) is 6.48. The molecule has 0 amide bonds. The fourth-order valence-electron chi connectivity index (χ4n) is 3.31. The van der Waals surface area contributed by atoms with Gasteiger partial charge in [0.15, 0.2) is 0 Å². The van der Waals surface area contributed by atoms with Crippen molar-refractivity contribution in [2.24, 2.45) is 11.7 Å². The highest BCUT2D eigenvalue weighted by Crippen LogP contribution is 2.33. The van der Waals surface area contributed by atoms with Crippen LogP contribution in [0.5, 0.6) is 5.75 Å². The molecule has 1 heterocycles. The topological polar surface area (TPSA) is 47.3 Å². The van der Waals surface area contributed by atoms with Crippen molar-refractivity contribution in [1.82, 2.24) is 5.32 Å². The van der Waals surface area contributed by atoms with E-state index in [1.54, 1.807) is 0 Å². The second-order valence-electron chi connectivity index (χ2n) is 5.57. The molecule has 1 aromatic carbocycles. The van der Waals surface area contributed by atoms with Gasteiger partial charge in [-0.15, -0.1) is 0 Å². The third-order valence-corrected chi connectivity index (χ3v) is 4.80. The van der Waals surface area contributed by atoms with E-state index >= 15 is 0 Å². The van der Waals surface area contributed by atoms with E-state index in [4.69, 9.17) is 10.5 Å². The van der Waals surface area contributed by atoms with Crippen LogP contribution in [0.1, 0.15) is 30.4 Å². The van der Waals surface area contributed by atoms with Crippen LogP contribution in [0.25, 0.3) is 0 Å². The Morgan fingerprint density at radius 2 is 2.26 bits per heavy atom. The Labute approximate surface area is 123 Å². The predicted octanol–water partition coefficient (Wildman–Crippen LogP) is 2.60. The maximum absolute atomic E-state index is 5.84. The number of nitrogens with one attached hydrogen (secondary N) is 1. The average Bonchev–Trinajstić information content (AvgIpc) is 3.03. The molecule has 19 heavy (non-hydrogen) atoms. The largest absolute Gasteiger partial charge is 0.493 e. The maximum atomic E-state index is 5.84. The smallest absolute Gasteiger partial charge is 0.127 e. The summed E-state index contributed by atoms with van der Waals surface area (Å²) in [6.07, 6.45) is 4.84. The number of rotatable bonds is 4. The van der Waals surface area contributed by atoms with E-state index < -0.39 is 0 Å². The van der Waals surface area contributed by atoms with Gasteiger partial charge in [-0.05, 0) is 43.0 Å². The first-order valence-electron chi connectivity index (χ1n) is 7.15. The average molecular weight is 325 g/mol. The van der Waals surface area contributed by atoms with Crippen LogP contribution >= 0.6 is 15.9 Å². The number of benzene rings is 1. The molecule has 3 rings (SSSR count). The van der Waals surface area contributed by atoms with E-state index in [1.165, 1.54) is 30.4 Å². The van der Waals surface area contributed by atoms with Gasteiger partial charge in [-0.1, -0.05) is 22.4 Å². The third kappa shape index (κ3) is 2.81. The van der Waals surface area contributed by atoms with Crippen LogP contribution in [0, 0.1) is 5.92 Å². The van der Waals surface area contributed by atoms with Crippen molar-refractivity contribution in [3.8, 4) is 5.75 Å². The highest BCUT2D eigenvalue weighted by atomic mass is 79.9. The first-order valence-corrected chi connectivity index (χ1v) is 7.95. The molecule has 2 atom stereocenters. The Morgan fingerprint density at radius 1 is 1.37 bits per heavy atom.